The molecule has 0 spiro atoms. The van der Waals surface area contributed by atoms with Gasteiger partial charge in [0.2, 0.25) is 0 Å². The number of non-ortho nitro benzene ring substituents is 1. The smallest absolute Gasteiger partial charge is 0.341 e. The molecule has 10 heteroatoms. The van der Waals surface area contributed by atoms with Crippen molar-refractivity contribution >= 4 is 34.2 Å². The van der Waals surface area contributed by atoms with Crippen molar-refractivity contribution < 1.29 is 28.4 Å². The van der Waals surface area contributed by atoms with E-state index in [0.29, 0.717) is 30.2 Å². The molecule has 0 fully saturated rings. The highest BCUT2D eigenvalue weighted by molar-refractivity contribution is 5.97. The van der Waals surface area contributed by atoms with Crippen molar-refractivity contribution in [2.24, 2.45) is 0 Å². The summed E-state index contributed by atoms with van der Waals surface area (Å²) in [5, 5.41) is 17.6. The van der Waals surface area contributed by atoms with Crippen molar-refractivity contribution in [1.82, 2.24) is 5.32 Å². The number of benzene rings is 2. The fraction of sp³-hybridized carbons (Fsp3) is 0.273. The molecule has 0 aliphatic rings. The number of methoxy groups -OCH3 is 1. The van der Waals surface area contributed by atoms with Gasteiger partial charge in [0.1, 0.15) is 11.3 Å². The number of nitrogens with zero attached hydrogens (tertiary/aromatic N) is 1. The number of hydrogen-bond donors (Lipinski definition) is 2. The van der Waals surface area contributed by atoms with E-state index in [4.69, 9.17) is 13.9 Å². The van der Waals surface area contributed by atoms with E-state index in [1.54, 1.807) is 6.92 Å². The van der Waals surface area contributed by atoms with Crippen LogP contribution in [0.5, 0.6) is 0 Å². The predicted molar refractivity (Wildman–Crippen MR) is 117 cm³/mol. The summed E-state index contributed by atoms with van der Waals surface area (Å²) in [4.78, 5) is 35.3. The fourth-order valence-electron chi connectivity index (χ4n) is 3.04. The first-order valence-electron chi connectivity index (χ1n) is 9.85. The van der Waals surface area contributed by atoms with Gasteiger partial charge in [-0.05, 0) is 25.1 Å². The van der Waals surface area contributed by atoms with Gasteiger partial charge >= 0.3 is 5.97 Å². The Labute approximate surface area is 183 Å². The maximum absolute atomic E-state index is 12.5. The average Bonchev–Trinajstić information content (AvgIpc) is 3.22. The van der Waals surface area contributed by atoms with Crippen LogP contribution in [-0.4, -0.2) is 43.7 Å². The zero-order chi connectivity index (χ0) is 23.1. The minimum atomic E-state index is -0.861. The molecule has 0 aliphatic heterocycles. The number of ether oxygens (including phenoxy) is 2. The van der Waals surface area contributed by atoms with E-state index in [-0.39, 0.29) is 11.3 Å². The maximum atomic E-state index is 12.5. The van der Waals surface area contributed by atoms with Crippen molar-refractivity contribution in [2.75, 3.05) is 32.2 Å². The van der Waals surface area contributed by atoms with Gasteiger partial charge in [-0.1, -0.05) is 18.2 Å². The van der Waals surface area contributed by atoms with Crippen LogP contribution in [0.15, 0.2) is 52.9 Å². The first-order chi connectivity index (χ1) is 15.4. The number of carbonyl (C=O) groups is 2. The molecule has 3 aromatic rings. The summed E-state index contributed by atoms with van der Waals surface area (Å²) in [6, 6.07) is 12.6. The standard InChI is InChI=1S/C22H23N3O7/c1-14(20-11-15-5-3-4-6-19(15)32-20)24-21(26)13-31-22(27)17-12-16(25(28)29)7-8-18(17)23-9-10-30-2/h3-8,11-12,14,23H,9-10,13H2,1-2H3,(H,24,26). The lowest BCUT2D eigenvalue weighted by atomic mass is 10.1. The molecule has 0 radical (unpaired) electrons. The van der Waals surface area contributed by atoms with Gasteiger partial charge in [-0.25, -0.2) is 4.79 Å². The van der Waals surface area contributed by atoms with Crippen LogP contribution in [0, 0.1) is 10.1 Å². The molecule has 2 aromatic carbocycles. The lowest BCUT2D eigenvalue weighted by molar-refractivity contribution is -0.384. The van der Waals surface area contributed by atoms with Gasteiger partial charge in [-0.15, -0.1) is 0 Å². The number of hydrogen-bond acceptors (Lipinski definition) is 8. The summed E-state index contributed by atoms with van der Waals surface area (Å²) in [6.07, 6.45) is 0. The average molecular weight is 441 g/mol. The first-order valence-corrected chi connectivity index (χ1v) is 9.85. The molecule has 168 valence electrons. The quantitative estimate of drug-likeness (QED) is 0.212. The monoisotopic (exact) mass is 441 g/mol. The lowest BCUT2D eigenvalue weighted by Gasteiger charge is -2.13. The predicted octanol–water partition coefficient (Wildman–Crippen LogP) is 3.43. The normalized spacial score (nSPS) is 11.7. The summed E-state index contributed by atoms with van der Waals surface area (Å²) < 4.78 is 15.8. The van der Waals surface area contributed by atoms with Gasteiger partial charge < -0.3 is 24.5 Å². The number of esters is 1. The van der Waals surface area contributed by atoms with Gasteiger partial charge in [-0.3, -0.25) is 14.9 Å². The highest BCUT2D eigenvalue weighted by atomic mass is 16.6. The lowest BCUT2D eigenvalue weighted by Crippen LogP contribution is -2.31. The second-order valence-corrected chi connectivity index (χ2v) is 6.96. The third-order valence-electron chi connectivity index (χ3n) is 4.64. The molecule has 10 nitrogen and oxygen atoms in total. The van der Waals surface area contributed by atoms with Gasteiger partial charge in [-0.2, -0.15) is 0 Å². The van der Waals surface area contributed by atoms with Gasteiger partial charge in [0.15, 0.2) is 6.61 Å². The molecule has 1 unspecified atom stereocenters. The van der Waals surface area contributed by atoms with Crippen molar-refractivity contribution in [3.63, 3.8) is 0 Å². The summed E-state index contributed by atoms with van der Waals surface area (Å²) in [5.74, 6) is -0.833. The second kappa shape index (κ2) is 10.4. The molecule has 0 saturated heterocycles. The minimum absolute atomic E-state index is 0.0477. The molecular weight excluding hydrogens is 418 g/mol. The number of nitro benzene ring substituents is 1. The Bertz CT molecular complexity index is 1090. The van der Waals surface area contributed by atoms with Crippen molar-refractivity contribution in [1.29, 1.82) is 0 Å². The second-order valence-electron chi connectivity index (χ2n) is 6.96. The van der Waals surface area contributed by atoms with Gasteiger partial charge in [0, 0.05) is 36.9 Å². The Balaban J connectivity index is 1.62. The molecule has 3 rings (SSSR count). The van der Waals surface area contributed by atoms with E-state index in [9.17, 15) is 19.7 Å². The fourth-order valence-corrected chi connectivity index (χ4v) is 3.04. The maximum Gasteiger partial charge on any atom is 0.341 e. The topological polar surface area (TPSA) is 133 Å². The molecule has 0 bridgehead atoms. The van der Waals surface area contributed by atoms with E-state index < -0.39 is 29.4 Å². The Morgan fingerprint density at radius 3 is 2.69 bits per heavy atom. The number of nitro groups is 1. The van der Waals surface area contributed by atoms with Crippen LogP contribution in [0.1, 0.15) is 29.1 Å². The first kappa shape index (κ1) is 22.8. The minimum Gasteiger partial charge on any atom is -0.459 e. The van der Waals surface area contributed by atoms with Crippen LogP contribution in [0.2, 0.25) is 0 Å². The van der Waals surface area contributed by atoms with Crippen LogP contribution in [0.3, 0.4) is 0 Å². The highest BCUT2D eigenvalue weighted by Crippen LogP contribution is 2.24. The summed E-state index contributed by atoms with van der Waals surface area (Å²) in [5.41, 5.74) is 0.730. The van der Waals surface area contributed by atoms with E-state index >= 15 is 0 Å². The zero-order valence-electron chi connectivity index (χ0n) is 17.6. The van der Waals surface area contributed by atoms with Crippen molar-refractivity contribution in [3.8, 4) is 0 Å². The highest BCUT2D eigenvalue weighted by Gasteiger charge is 2.20. The number of furan rings is 1. The summed E-state index contributed by atoms with van der Waals surface area (Å²) in [7, 11) is 1.53. The van der Waals surface area contributed by atoms with Gasteiger partial charge in [0.25, 0.3) is 11.6 Å². The largest absolute Gasteiger partial charge is 0.459 e. The van der Waals surface area contributed by atoms with Crippen molar-refractivity contribution in [2.45, 2.75) is 13.0 Å². The third-order valence-corrected chi connectivity index (χ3v) is 4.64. The Morgan fingerprint density at radius 1 is 1.19 bits per heavy atom. The molecule has 32 heavy (non-hydrogen) atoms. The molecule has 2 N–H and O–H groups in total. The number of amides is 1. The molecule has 0 saturated carbocycles. The van der Waals surface area contributed by atoms with Crippen LogP contribution >= 0.6 is 0 Å². The van der Waals surface area contributed by atoms with E-state index in [0.717, 1.165) is 11.5 Å². The number of para-hydroxylation sites is 1. The number of nitrogens with one attached hydrogen (secondary N) is 2. The molecule has 0 aliphatic carbocycles. The molecule has 1 aromatic heterocycles. The Hall–Kier alpha value is -3.92. The van der Waals surface area contributed by atoms with Crippen LogP contribution in [-0.2, 0) is 14.3 Å². The van der Waals surface area contributed by atoms with Crippen LogP contribution in [0.4, 0.5) is 11.4 Å². The van der Waals surface area contributed by atoms with Crippen LogP contribution in [0.25, 0.3) is 11.0 Å². The molecule has 1 atom stereocenters. The van der Waals surface area contributed by atoms with E-state index in [1.807, 2.05) is 30.3 Å². The van der Waals surface area contributed by atoms with E-state index in [2.05, 4.69) is 10.6 Å². The number of rotatable bonds is 10. The number of fused-ring (bicyclic) bond motifs is 1. The number of carbonyl (C=O) groups excluding carboxylic acids is 2. The molecule has 1 heterocycles. The molecule has 1 amide bonds. The molecular formula is C22H23N3O7. The van der Waals surface area contributed by atoms with Gasteiger partial charge in [0.05, 0.1) is 23.1 Å². The van der Waals surface area contributed by atoms with Crippen LogP contribution < -0.4 is 10.6 Å². The zero-order valence-corrected chi connectivity index (χ0v) is 17.6. The SMILES string of the molecule is COCCNc1ccc([N+](=O)[O-])cc1C(=O)OCC(=O)NC(C)c1cc2ccccc2o1. The third kappa shape index (κ3) is 5.61. The Kier molecular flexibility index (Phi) is 7.40. The summed E-state index contributed by atoms with van der Waals surface area (Å²) in [6.45, 7) is 1.94. The number of anilines is 1. The van der Waals surface area contributed by atoms with Crippen molar-refractivity contribution in [3.05, 3.63) is 70.0 Å². The Morgan fingerprint density at radius 2 is 1.97 bits per heavy atom. The summed E-state index contributed by atoms with van der Waals surface area (Å²) >= 11 is 0. The van der Waals surface area contributed by atoms with E-state index in [1.165, 1.54) is 19.2 Å².